The summed E-state index contributed by atoms with van der Waals surface area (Å²) in [6.45, 7) is -1.71. The molecule has 0 spiro atoms. The van der Waals surface area contributed by atoms with E-state index in [9.17, 15) is 23.2 Å². The van der Waals surface area contributed by atoms with Crippen molar-refractivity contribution in [2.24, 2.45) is 5.73 Å². The summed E-state index contributed by atoms with van der Waals surface area (Å²) in [5.41, 5.74) is 5.91. The SMILES string of the molecule is CC(OC(=O)CC(NC(N)=O)c1ccc(Cl)cc1)C(=O)Nc1ccc(OC(F)F)c(Cl)c1. The number of nitrogens with one attached hydrogen (secondary N) is 2. The van der Waals surface area contributed by atoms with Crippen molar-refractivity contribution < 1.29 is 32.6 Å². The number of carbonyl (C=O) groups excluding carboxylic acids is 3. The number of benzene rings is 2. The molecule has 0 aliphatic heterocycles. The number of rotatable bonds is 9. The molecule has 0 heterocycles. The van der Waals surface area contributed by atoms with Crippen LogP contribution in [-0.2, 0) is 14.3 Å². The Morgan fingerprint density at radius 3 is 2.31 bits per heavy atom. The smallest absolute Gasteiger partial charge is 0.387 e. The van der Waals surface area contributed by atoms with Crippen molar-refractivity contribution in [2.75, 3.05) is 5.32 Å². The second-order valence-electron chi connectivity index (χ2n) is 6.46. The molecule has 0 saturated carbocycles. The number of urea groups is 1. The van der Waals surface area contributed by atoms with E-state index in [1.54, 1.807) is 24.3 Å². The van der Waals surface area contributed by atoms with E-state index in [0.29, 0.717) is 10.6 Å². The normalized spacial score (nSPS) is 12.6. The minimum atomic E-state index is -3.05. The monoisotopic (exact) mass is 489 g/mol. The van der Waals surface area contributed by atoms with Crippen molar-refractivity contribution in [3.8, 4) is 5.75 Å². The molecule has 2 unspecified atom stereocenters. The molecule has 0 aliphatic rings. The van der Waals surface area contributed by atoms with Gasteiger partial charge in [-0.15, -0.1) is 0 Å². The van der Waals surface area contributed by atoms with Gasteiger partial charge in [0.2, 0.25) is 0 Å². The highest BCUT2D eigenvalue weighted by molar-refractivity contribution is 6.32. The maximum Gasteiger partial charge on any atom is 0.387 e. The zero-order valence-electron chi connectivity index (χ0n) is 16.6. The summed E-state index contributed by atoms with van der Waals surface area (Å²) in [5, 5.41) is 5.20. The lowest BCUT2D eigenvalue weighted by Gasteiger charge is -2.19. The summed E-state index contributed by atoms with van der Waals surface area (Å²) < 4.78 is 33.9. The molecule has 12 heteroatoms. The molecule has 2 aromatic carbocycles. The first kappa shape index (κ1) is 25.2. The maximum atomic E-state index is 12.3. The third kappa shape index (κ3) is 7.86. The van der Waals surface area contributed by atoms with Crippen LogP contribution in [0.15, 0.2) is 42.5 Å². The minimum Gasteiger partial charge on any atom is -0.452 e. The first-order valence-corrected chi connectivity index (χ1v) is 9.87. The predicted molar refractivity (Wildman–Crippen MR) is 114 cm³/mol. The van der Waals surface area contributed by atoms with Gasteiger partial charge in [0.15, 0.2) is 6.10 Å². The summed E-state index contributed by atoms with van der Waals surface area (Å²) in [7, 11) is 0. The van der Waals surface area contributed by atoms with Crippen molar-refractivity contribution in [1.29, 1.82) is 0 Å². The number of hydrogen-bond acceptors (Lipinski definition) is 5. The van der Waals surface area contributed by atoms with Crippen molar-refractivity contribution in [1.82, 2.24) is 5.32 Å². The van der Waals surface area contributed by atoms with Gasteiger partial charge in [-0.1, -0.05) is 35.3 Å². The van der Waals surface area contributed by atoms with E-state index in [1.165, 1.54) is 19.1 Å². The first-order valence-electron chi connectivity index (χ1n) is 9.11. The van der Waals surface area contributed by atoms with E-state index < -0.39 is 36.7 Å². The van der Waals surface area contributed by atoms with Crippen molar-refractivity contribution in [3.63, 3.8) is 0 Å². The molecule has 0 aliphatic carbocycles. The molecule has 0 radical (unpaired) electrons. The zero-order chi connectivity index (χ0) is 23.8. The highest BCUT2D eigenvalue weighted by Gasteiger charge is 2.23. The molecular weight excluding hydrogens is 471 g/mol. The van der Waals surface area contributed by atoms with E-state index >= 15 is 0 Å². The summed E-state index contributed by atoms with van der Waals surface area (Å²) in [5.74, 6) is -1.72. The van der Waals surface area contributed by atoms with Crippen LogP contribution in [0.2, 0.25) is 10.0 Å². The fraction of sp³-hybridized carbons (Fsp3) is 0.250. The minimum absolute atomic E-state index is 0.143. The van der Waals surface area contributed by atoms with Crippen LogP contribution in [0, 0.1) is 0 Å². The number of alkyl halides is 2. The highest BCUT2D eigenvalue weighted by Crippen LogP contribution is 2.29. The standard InChI is InChI=1S/C20H19Cl2F2N3O5/c1-10(18(29)26-13-6-7-16(14(22)8-13)32-19(23)24)31-17(28)9-15(27-20(25)30)11-2-4-12(21)5-3-11/h2-8,10,15,19H,9H2,1H3,(H,26,29)(H3,25,27,30). The first-order chi connectivity index (χ1) is 15.0. The average molecular weight is 490 g/mol. The molecule has 0 bridgehead atoms. The van der Waals surface area contributed by atoms with Gasteiger partial charge in [0, 0.05) is 10.7 Å². The van der Waals surface area contributed by atoms with Gasteiger partial charge in [-0.2, -0.15) is 8.78 Å². The fourth-order valence-corrected chi connectivity index (χ4v) is 2.95. The van der Waals surface area contributed by atoms with Crippen LogP contribution in [0.1, 0.15) is 24.9 Å². The Labute approximate surface area is 191 Å². The summed E-state index contributed by atoms with van der Waals surface area (Å²) in [6, 6.07) is 8.39. The van der Waals surface area contributed by atoms with Crippen LogP contribution >= 0.6 is 23.2 Å². The van der Waals surface area contributed by atoms with Gasteiger partial charge in [0.25, 0.3) is 5.91 Å². The molecule has 32 heavy (non-hydrogen) atoms. The zero-order valence-corrected chi connectivity index (χ0v) is 18.1. The number of primary amides is 1. The van der Waals surface area contributed by atoms with Crippen LogP contribution in [0.5, 0.6) is 5.75 Å². The Bertz CT molecular complexity index is 976. The fourth-order valence-electron chi connectivity index (χ4n) is 2.60. The van der Waals surface area contributed by atoms with Crippen LogP contribution in [0.4, 0.5) is 19.3 Å². The van der Waals surface area contributed by atoms with Crippen molar-refractivity contribution in [2.45, 2.75) is 32.1 Å². The second-order valence-corrected chi connectivity index (χ2v) is 7.31. The van der Waals surface area contributed by atoms with Gasteiger partial charge in [-0.25, -0.2) is 4.79 Å². The Morgan fingerprint density at radius 2 is 1.75 bits per heavy atom. The van der Waals surface area contributed by atoms with E-state index in [1.807, 2.05) is 0 Å². The third-order valence-electron chi connectivity index (χ3n) is 4.05. The van der Waals surface area contributed by atoms with Gasteiger partial charge in [-0.3, -0.25) is 9.59 Å². The highest BCUT2D eigenvalue weighted by atomic mass is 35.5. The van der Waals surface area contributed by atoms with Gasteiger partial charge >= 0.3 is 18.6 Å². The average Bonchev–Trinajstić information content (AvgIpc) is 2.69. The topological polar surface area (TPSA) is 120 Å². The molecule has 0 aromatic heterocycles. The molecule has 2 atom stereocenters. The van der Waals surface area contributed by atoms with Crippen molar-refractivity contribution >= 4 is 46.8 Å². The third-order valence-corrected chi connectivity index (χ3v) is 4.60. The number of halogens is 4. The number of carbonyl (C=O) groups is 3. The molecule has 0 fully saturated rings. The summed E-state index contributed by atoms with van der Waals surface area (Å²) >= 11 is 11.7. The number of anilines is 1. The quantitative estimate of drug-likeness (QED) is 0.454. The molecule has 8 nitrogen and oxygen atoms in total. The Morgan fingerprint density at radius 1 is 1.09 bits per heavy atom. The Hall–Kier alpha value is -3.11. The predicted octanol–water partition coefficient (Wildman–Crippen LogP) is 4.26. The number of esters is 1. The van der Waals surface area contributed by atoms with Gasteiger partial charge in [-0.05, 0) is 42.8 Å². The number of nitrogens with two attached hydrogens (primary N) is 1. The van der Waals surface area contributed by atoms with Crippen LogP contribution in [0.3, 0.4) is 0 Å². The lowest BCUT2D eigenvalue weighted by atomic mass is 10.0. The maximum absolute atomic E-state index is 12.3. The molecule has 172 valence electrons. The van der Waals surface area contributed by atoms with Crippen molar-refractivity contribution in [3.05, 3.63) is 58.1 Å². The van der Waals surface area contributed by atoms with E-state index in [-0.39, 0.29) is 22.9 Å². The summed E-state index contributed by atoms with van der Waals surface area (Å²) in [6.07, 6.45) is -1.51. The molecule has 4 N–H and O–H groups in total. The van der Waals surface area contributed by atoms with E-state index in [0.717, 1.165) is 6.07 Å². The van der Waals surface area contributed by atoms with Crippen LogP contribution < -0.4 is 21.1 Å². The number of ether oxygens (including phenoxy) is 2. The number of hydrogen-bond donors (Lipinski definition) is 3. The van der Waals surface area contributed by atoms with Crippen LogP contribution in [0.25, 0.3) is 0 Å². The van der Waals surface area contributed by atoms with Gasteiger partial charge < -0.3 is 25.8 Å². The Balaban J connectivity index is 1.97. The lowest BCUT2D eigenvalue weighted by Crippen LogP contribution is -2.36. The molecule has 0 saturated heterocycles. The molecule has 2 rings (SSSR count). The van der Waals surface area contributed by atoms with Gasteiger partial charge in [0.1, 0.15) is 5.75 Å². The van der Waals surface area contributed by atoms with E-state index in [4.69, 9.17) is 33.7 Å². The summed E-state index contributed by atoms with van der Waals surface area (Å²) in [4.78, 5) is 35.9. The Kier molecular flexibility index (Phi) is 9.03. The van der Waals surface area contributed by atoms with E-state index in [2.05, 4.69) is 15.4 Å². The number of amides is 3. The van der Waals surface area contributed by atoms with Gasteiger partial charge in [0.05, 0.1) is 17.5 Å². The molecular formula is C20H19Cl2F2N3O5. The van der Waals surface area contributed by atoms with Crippen LogP contribution in [-0.4, -0.2) is 30.6 Å². The molecule has 2 aromatic rings. The molecule has 3 amide bonds. The largest absolute Gasteiger partial charge is 0.452 e. The lowest BCUT2D eigenvalue weighted by molar-refractivity contribution is -0.153. The second kappa shape index (κ2) is 11.5.